The molecule has 4 heteroatoms. The number of Topliss-reactive ketones (excluding diaryl/α,β-unsaturated/α-hetero) is 1. The molecule has 1 aromatic carbocycles. The first-order valence-corrected chi connectivity index (χ1v) is 5.03. The zero-order valence-electron chi connectivity index (χ0n) is 8.63. The molecule has 1 aromatic heterocycles. The molecule has 0 bridgehead atoms. The molecule has 0 amide bonds. The third-order valence-electron chi connectivity index (χ3n) is 2.33. The van der Waals surface area contributed by atoms with Crippen molar-refractivity contribution in [2.75, 3.05) is 0 Å². The van der Waals surface area contributed by atoms with Gasteiger partial charge in [0.2, 0.25) is 5.78 Å². The van der Waals surface area contributed by atoms with Crippen LogP contribution >= 0.6 is 0 Å². The molecule has 0 aliphatic heterocycles. The average molecular weight is 216 g/mol. The molecule has 1 atom stereocenters. The number of carbonyl (C=O) groups is 1. The van der Waals surface area contributed by atoms with Crippen molar-refractivity contribution < 1.29 is 9.90 Å². The fourth-order valence-electron chi connectivity index (χ4n) is 1.48. The van der Waals surface area contributed by atoms with Gasteiger partial charge >= 0.3 is 0 Å². The first-order valence-electron chi connectivity index (χ1n) is 5.03. The molecule has 82 valence electrons. The molecule has 0 aliphatic carbocycles. The van der Waals surface area contributed by atoms with Crippen LogP contribution in [0.1, 0.15) is 28.7 Å². The summed E-state index contributed by atoms with van der Waals surface area (Å²) in [4.78, 5) is 18.2. The van der Waals surface area contributed by atoms with Gasteiger partial charge in [0, 0.05) is 18.8 Å². The van der Waals surface area contributed by atoms with Crippen LogP contribution < -0.4 is 0 Å². The number of aromatic nitrogens is 2. The topological polar surface area (TPSA) is 66.0 Å². The van der Waals surface area contributed by atoms with E-state index in [9.17, 15) is 9.90 Å². The Morgan fingerprint density at radius 3 is 2.75 bits per heavy atom. The van der Waals surface area contributed by atoms with Gasteiger partial charge in [0.1, 0.15) is 0 Å². The van der Waals surface area contributed by atoms with Crippen molar-refractivity contribution >= 4 is 5.78 Å². The van der Waals surface area contributed by atoms with E-state index < -0.39 is 6.10 Å². The summed E-state index contributed by atoms with van der Waals surface area (Å²) in [5.41, 5.74) is 0.738. The predicted octanol–water partition coefficient (Wildman–Crippen LogP) is 1.72. The maximum absolute atomic E-state index is 11.6. The van der Waals surface area contributed by atoms with Crippen molar-refractivity contribution in [1.29, 1.82) is 0 Å². The maximum atomic E-state index is 11.6. The third kappa shape index (κ3) is 2.35. The number of H-pyrrole nitrogens is 1. The number of aliphatic hydroxyl groups excluding tert-OH is 1. The van der Waals surface area contributed by atoms with Gasteiger partial charge in [-0.25, -0.2) is 4.98 Å². The summed E-state index contributed by atoms with van der Waals surface area (Å²) < 4.78 is 0. The minimum Gasteiger partial charge on any atom is -0.388 e. The summed E-state index contributed by atoms with van der Waals surface area (Å²) in [5.74, 6) is 0.0938. The van der Waals surface area contributed by atoms with E-state index in [1.807, 2.05) is 18.2 Å². The Kier molecular flexibility index (Phi) is 3.12. The molecular formula is C12H12N2O2. The van der Waals surface area contributed by atoms with Crippen molar-refractivity contribution in [3.8, 4) is 0 Å². The molecule has 2 aromatic rings. The first kappa shape index (κ1) is 10.6. The number of ketones is 1. The van der Waals surface area contributed by atoms with Gasteiger partial charge in [0.15, 0.2) is 5.82 Å². The largest absolute Gasteiger partial charge is 0.388 e. The highest BCUT2D eigenvalue weighted by Crippen LogP contribution is 2.17. The monoisotopic (exact) mass is 216 g/mol. The van der Waals surface area contributed by atoms with E-state index in [0.29, 0.717) is 0 Å². The van der Waals surface area contributed by atoms with E-state index in [1.54, 1.807) is 18.3 Å². The number of imidazole rings is 1. The summed E-state index contributed by atoms with van der Waals surface area (Å²) in [5, 5.41) is 9.83. The van der Waals surface area contributed by atoms with E-state index in [-0.39, 0.29) is 18.0 Å². The second-order valence-electron chi connectivity index (χ2n) is 3.49. The molecule has 0 aliphatic rings. The van der Waals surface area contributed by atoms with Gasteiger partial charge in [-0.05, 0) is 5.56 Å². The van der Waals surface area contributed by atoms with Crippen LogP contribution in [0.5, 0.6) is 0 Å². The Labute approximate surface area is 93.0 Å². The molecule has 0 spiro atoms. The minimum atomic E-state index is -0.779. The molecule has 16 heavy (non-hydrogen) atoms. The van der Waals surface area contributed by atoms with Crippen molar-refractivity contribution in [3.63, 3.8) is 0 Å². The lowest BCUT2D eigenvalue weighted by molar-refractivity contribution is 0.0871. The number of aromatic amines is 1. The summed E-state index contributed by atoms with van der Waals surface area (Å²) in [6, 6.07) is 9.11. The molecule has 1 unspecified atom stereocenters. The first-order chi connectivity index (χ1) is 7.77. The number of nitrogens with one attached hydrogen (secondary N) is 1. The second kappa shape index (κ2) is 4.72. The highest BCUT2D eigenvalue weighted by molar-refractivity contribution is 5.92. The lowest BCUT2D eigenvalue weighted by Gasteiger charge is -2.08. The van der Waals surface area contributed by atoms with E-state index in [4.69, 9.17) is 0 Å². The number of hydrogen-bond donors (Lipinski definition) is 2. The highest BCUT2D eigenvalue weighted by Gasteiger charge is 2.15. The quantitative estimate of drug-likeness (QED) is 0.765. The van der Waals surface area contributed by atoms with E-state index in [1.165, 1.54) is 6.20 Å². The minimum absolute atomic E-state index is 0.0392. The van der Waals surface area contributed by atoms with Gasteiger partial charge in [-0.3, -0.25) is 4.79 Å². The fourth-order valence-corrected chi connectivity index (χ4v) is 1.48. The molecule has 0 fully saturated rings. The van der Waals surface area contributed by atoms with Crippen molar-refractivity contribution in [1.82, 2.24) is 9.97 Å². The number of rotatable bonds is 4. The highest BCUT2D eigenvalue weighted by atomic mass is 16.3. The summed E-state index contributed by atoms with van der Waals surface area (Å²) >= 11 is 0. The van der Waals surface area contributed by atoms with Crippen LogP contribution in [-0.4, -0.2) is 20.9 Å². The number of hydrogen-bond acceptors (Lipinski definition) is 3. The van der Waals surface area contributed by atoms with Gasteiger partial charge in [-0.1, -0.05) is 30.3 Å². The molecule has 0 radical (unpaired) electrons. The van der Waals surface area contributed by atoms with Crippen LogP contribution in [0, 0.1) is 0 Å². The number of benzene rings is 1. The van der Waals surface area contributed by atoms with Crippen molar-refractivity contribution in [2.45, 2.75) is 12.5 Å². The van der Waals surface area contributed by atoms with Gasteiger partial charge < -0.3 is 10.1 Å². The molecule has 0 saturated heterocycles. The Morgan fingerprint density at radius 1 is 1.38 bits per heavy atom. The van der Waals surface area contributed by atoms with Crippen molar-refractivity contribution in [2.24, 2.45) is 0 Å². The molecule has 1 heterocycles. The Balaban J connectivity index is 2.03. The zero-order valence-corrected chi connectivity index (χ0v) is 8.63. The molecule has 0 saturated carbocycles. The van der Waals surface area contributed by atoms with E-state index in [2.05, 4.69) is 9.97 Å². The summed E-state index contributed by atoms with van der Waals surface area (Å²) in [6.45, 7) is 0. The van der Waals surface area contributed by atoms with Crippen LogP contribution in [0.2, 0.25) is 0 Å². The second-order valence-corrected chi connectivity index (χ2v) is 3.49. The Hall–Kier alpha value is -1.94. The Bertz CT molecular complexity index is 451. The van der Waals surface area contributed by atoms with E-state index in [0.717, 1.165) is 5.56 Å². The summed E-state index contributed by atoms with van der Waals surface area (Å²) in [6.07, 6.45) is 2.36. The van der Waals surface area contributed by atoms with Crippen LogP contribution in [0.3, 0.4) is 0 Å². The molecule has 2 N–H and O–H groups in total. The molecule has 2 rings (SSSR count). The zero-order chi connectivity index (χ0) is 11.4. The fraction of sp³-hybridized carbons (Fsp3) is 0.167. The van der Waals surface area contributed by atoms with Gasteiger partial charge in [0.05, 0.1) is 6.10 Å². The normalized spacial score (nSPS) is 12.3. The van der Waals surface area contributed by atoms with Gasteiger partial charge in [-0.2, -0.15) is 0 Å². The van der Waals surface area contributed by atoms with Crippen LogP contribution in [0.4, 0.5) is 0 Å². The standard InChI is InChI=1S/C12H12N2O2/c15-10(9-4-2-1-3-5-9)8-11(16)12-13-6-7-14-12/h1-7,10,15H,8H2,(H,13,14). The van der Waals surface area contributed by atoms with Crippen LogP contribution in [0.15, 0.2) is 42.7 Å². The number of nitrogens with zero attached hydrogens (tertiary/aromatic N) is 1. The van der Waals surface area contributed by atoms with E-state index >= 15 is 0 Å². The van der Waals surface area contributed by atoms with Gasteiger partial charge in [-0.15, -0.1) is 0 Å². The van der Waals surface area contributed by atoms with Crippen LogP contribution in [-0.2, 0) is 0 Å². The average Bonchev–Trinajstić information content (AvgIpc) is 2.83. The van der Waals surface area contributed by atoms with Gasteiger partial charge in [0.25, 0.3) is 0 Å². The summed E-state index contributed by atoms with van der Waals surface area (Å²) in [7, 11) is 0. The third-order valence-corrected chi connectivity index (χ3v) is 2.33. The maximum Gasteiger partial charge on any atom is 0.200 e. The van der Waals surface area contributed by atoms with Crippen molar-refractivity contribution in [3.05, 3.63) is 54.1 Å². The Morgan fingerprint density at radius 2 is 2.12 bits per heavy atom. The lowest BCUT2D eigenvalue weighted by Crippen LogP contribution is -2.08. The predicted molar refractivity (Wildman–Crippen MR) is 58.9 cm³/mol. The molecule has 4 nitrogen and oxygen atoms in total. The van der Waals surface area contributed by atoms with Crippen LogP contribution in [0.25, 0.3) is 0 Å². The lowest BCUT2D eigenvalue weighted by atomic mass is 10.0. The SMILES string of the molecule is O=C(CC(O)c1ccccc1)c1ncc[nH]1. The number of aliphatic hydroxyl groups is 1. The molecular weight excluding hydrogens is 204 g/mol. The smallest absolute Gasteiger partial charge is 0.200 e. The number of carbonyl (C=O) groups excluding carboxylic acids is 1.